The first-order chi connectivity index (χ1) is 17.8. The van der Waals surface area contributed by atoms with Gasteiger partial charge in [0.05, 0.1) is 24.6 Å². The van der Waals surface area contributed by atoms with Gasteiger partial charge in [-0.1, -0.05) is 48.5 Å². The predicted octanol–water partition coefficient (Wildman–Crippen LogP) is 6.99. The van der Waals surface area contributed by atoms with Crippen LogP contribution in [-0.4, -0.2) is 38.6 Å². The average molecular weight is 479 g/mol. The van der Waals surface area contributed by atoms with E-state index in [1.165, 1.54) is 0 Å². The summed E-state index contributed by atoms with van der Waals surface area (Å²) in [5.41, 5.74) is 6.10. The number of benzene rings is 4. The van der Waals surface area contributed by atoms with Crippen LogP contribution in [0.5, 0.6) is 11.5 Å². The number of azo groups is 1. The Labute approximate surface area is 210 Å². The molecule has 0 amide bonds. The predicted molar refractivity (Wildman–Crippen MR) is 138 cm³/mol. The second-order valence-electron chi connectivity index (χ2n) is 8.88. The molecule has 36 heavy (non-hydrogen) atoms. The van der Waals surface area contributed by atoms with Gasteiger partial charge in [-0.3, -0.25) is 0 Å². The smallest absolute Gasteiger partial charge is 0.119 e. The zero-order valence-electron chi connectivity index (χ0n) is 19.7. The molecule has 6 nitrogen and oxygen atoms in total. The van der Waals surface area contributed by atoms with E-state index in [0.29, 0.717) is 13.2 Å². The van der Waals surface area contributed by atoms with E-state index < -0.39 is 0 Å². The quantitative estimate of drug-likeness (QED) is 0.182. The summed E-state index contributed by atoms with van der Waals surface area (Å²) in [5, 5.41) is 8.78. The van der Waals surface area contributed by atoms with Crippen molar-refractivity contribution in [3.05, 3.63) is 97.1 Å². The SMILES string of the molecule is c1cc(-c2ccc(OCC3CO3)cc2)ccc1/N=N/c1ccc(-c2ccc(OCC3CO3)cc2)cc1. The summed E-state index contributed by atoms with van der Waals surface area (Å²) in [4.78, 5) is 0. The normalized spacial score (nSPS) is 18.2. The van der Waals surface area contributed by atoms with Crippen LogP contribution < -0.4 is 9.47 Å². The van der Waals surface area contributed by atoms with Crippen LogP contribution in [0.4, 0.5) is 11.4 Å². The van der Waals surface area contributed by atoms with Gasteiger partial charge in [0.1, 0.15) is 36.9 Å². The molecule has 2 aliphatic rings. The van der Waals surface area contributed by atoms with Crippen LogP contribution in [0.1, 0.15) is 0 Å². The fourth-order valence-corrected chi connectivity index (χ4v) is 3.75. The molecular weight excluding hydrogens is 452 g/mol. The number of hydrogen-bond donors (Lipinski definition) is 0. The van der Waals surface area contributed by atoms with Gasteiger partial charge in [-0.05, 0) is 70.8 Å². The number of epoxide rings is 2. The lowest BCUT2D eigenvalue weighted by Crippen LogP contribution is -2.03. The van der Waals surface area contributed by atoms with Gasteiger partial charge in [-0.25, -0.2) is 0 Å². The third kappa shape index (κ3) is 5.97. The van der Waals surface area contributed by atoms with Crippen molar-refractivity contribution in [3.63, 3.8) is 0 Å². The van der Waals surface area contributed by atoms with Crippen LogP contribution in [-0.2, 0) is 9.47 Å². The number of ether oxygens (including phenoxy) is 4. The van der Waals surface area contributed by atoms with E-state index in [9.17, 15) is 0 Å². The molecule has 6 heteroatoms. The lowest BCUT2D eigenvalue weighted by molar-refractivity contribution is 0.263. The summed E-state index contributed by atoms with van der Waals surface area (Å²) in [6.07, 6.45) is 0.518. The Morgan fingerprint density at radius 1 is 0.500 bits per heavy atom. The second-order valence-corrected chi connectivity index (χ2v) is 8.88. The van der Waals surface area contributed by atoms with Gasteiger partial charge >= 0.3 is 0 Å². The van der Waals surface area contributed by atoms with Gasteiger partial charge in [0.15, 0.2) is 0 Å². The van der Waals surface area contributed by atoms with Crippen LogP contribution in [0.15, 0.2) is 107 Å². The van der Waals surface area contributed by atoms with Crippen LogP contribution in [0.2, 0.25) is 0 Å². The molecule has 2 atom stereocenters. The molecule has 2 aliphatic heterocycles. The molecule has 2 fully saturated rings. The van der Waals surface area contributed by atoms with Crippen LogP contribution in [0, 0.1) is 0 Å². The molecule has 0 spiro atoms. The number of rotatable bonds is 10. The van der Waals surface area contributed by atoms with E-state index in [2.05, 4.69) is 58.8 Å². The zero-order valence-corrected chi connectivity index (χ0v) is 19.7. The van der Waals surface area contributed by atoms with Gasteiger partial charge in [0.2, 0.25) is 0 Å². The maximum atomic E-state index is 5.71. The van der Waals surface area contributed by atoms with Gasteiger partial charge in [0, 0.05) is 0 Å². The summed E-state index contributed by atoms with van der Waals surface area (Å²) in [7, 11) is 0. The fraction of sp³-hybridized carbons (Fsp3) is 0.200. The van der Waals surface area contributed by atoms with Gasteiger partial charge < -0.3 is 18.9 Å². The molecular formula is C30H26N2O4. The number of hydrogen-bond acceptors (Lipinski definition) is 6. The Balaban J connectivity index is 1.04. The molecule has 0 saturated carbocycles. The van der Waals surface area contributed by atoms with Crippen molar-refractivity contribution in [1.82, 2.24) is 0 Å². The van der Waals surface area contributed by atoms with Gasteiger partial charge in [0.25, 0.3) is 0 Å². The lowest BCUT2D eigenvalue weighted by Gasteiger charge is -2.06. The van der Waals surface area contributed by atoms with Gasteiger partial charge in [-0.15, -0.1) is 0 Å². The molecule has 4 aromatic carbocycles. The molecule has 0 aliphatic carbocycles. The van der Waals surface area contributed by atoms with E-state index in [4.69, 9.17) is 18.9 Å². The van der Waals surface area contributed by atoms with Crippen LogP contribution in [0.3, 0.4) is 0 Å². The van der Waals surface area contributed by atoms with Crippen molar-refractivity contribution in [1.29, 1.82) is 0 Å². The minimum atomic E-state index is 0.259. The summed E-state index contributed by atoms with van der Waals surface area (Å²) in [5.74, 6) is 1.72. The minimum absolute atomic E-state index is 0.259. The van der Waals surface area contributed by atoms with Crippen LogP contribution in [0.25, 0.3) is 22.3 Å². The Morgan fingerprint density at radius 2 is 0.806 bits per heavy atom. The molecule has 6 rings (SSSR count). The zero-order chi connectivity index (χ0) is 24.2. The molecule has 180 valence electrons. The average Bonchev–Trinajstić information content (AvgIpc) is 3.87. The molecule has 2 saturated heterocycles. The van der Waals surface area contributed by atoms with E-state index >= 15 is 0 Å². The highest BCUT2D eigenvalue weighted by atomic mass is 16.6. The first-order valence-electron chi connectivity index (χ1n) is 12.1. The van der Waals surface area contributed by atoms with E-state index in [1.807, 2.05) is 48.5 Å². The highest BCUT2D eigenvalue weighted by molar-refractivity contribution is 5.67. The Morgan fingerprint density at radius 3 is 1.11 bits per heavy atom. The fourth-order valence-electron chi connectivity index (χ4n) is 3.75. The topological polar surface area (TPSA) is 68.2 Å². The Hall–Kier alpha value is -4.00. The van der Waals surface area contributed by atoms with Crippen LogP contribution >= 0.6 is 0 Å². The molecule has 0 N–H and O–H groups in total. The van der Waals surface area contributed by atoms with Crippen molar-refractivity contribution in [2.75, 3.05) is 26.4 Å². The second kappa shape index (κ2) is 10.3. The van der Waals surface area contributed by atoms with E-state index in [1.54, 1.807) is 0 Å². The highest BCUT2D eigenvalue weighted by Crippen LogP contribution is 2.28. The first kappa shape index (κ1) is 22.5. The van der Waals surface area contributed by atoms with Gasteiger partial charge in [-0.2, -0.15) is 10.2 Å². The van der Waals surface area contributed by atoms with Crippen molar-refractivity contribution >= 4 is 11.4 Å². The lowest BCUT2D eigenvalue weighted by atomic mass is 10.1. The Kier molecular flexibility index (Phi) is 6.44. The third-order valence-corrected chi connectivity index (χ3v) is 6.07. The first-order valence-corrected chi connectivity index (χ1v) is 12.1. The highest BCUT2D eigenvalue weighted by Gasteiger charge is 2.23. The Bertz CT molecular complexity index is 1200. The van der Waals surface area contributed by atoms with E-state index in [-0.39, 0.29) is 12.2 Å². The summed E-state index contributed by atoms with van der Waals surface area (Å²) >= 11 is 0. The molecule has 2 unspecified atom stereocenters. The standard InChI is InChI=1S/C30H26N2O4/c1-9-25(10-2-21(1)23-5-13-27(14-6-23)33-17-29-19-35-29)31-32-26-11-3-22(4-12-26)24-7-15-28(16-8-24)34-18-30-20-36-30/h1-16,29-30H,17-20H2/b32-31+. The minimum Gasteiger partial charge on any atom is -0.491 e. The summed E-state index contributed by atoms with van der Waals surface area (Å²) in [6, 6.07) is 32.3. The summed E-state index contributed by atoms with van der Waals surface area (Å²) in [6.45, 7) is 2.83. The molecule has 0 bridgehead atoms. The summed E-state index contributed by atoms with van der Waals surface area (Å²) < 4.78 is 21.8. The van der Waals surface area contributed by atoms with E-state index in [0.717, 1.165) is 58.3 Å². The largest absolute Gasteiger partial charge is 0.491 e. The van der Waals surface area contributed by atoms with Crippen molar-refractivity contribution < 1.29 is 18.9 Å². The van der Waals surface area contributed by atoms with Crippen molar-refractivity contribution in [2.24, 2.45) is 10.2 Å². The maximum Gasteiger partial charge on any atom is 0.119 e. The molecule has 2 heterocycles. The maximum absolute atomic E-state index is 5.71. The molecule has 4 aromatic rings. The monoisotopic (exact) mass is 478 g/mol. The third-order valence-electron chi connectivity index (χ3n) is 6.07. The van der Waals surface area contributed by atoms with Crippen molar-refractivity contribution in [2.45, 2.75) is 12.2 Å². The molecule has 0 radical (unpaired) electrons. The van der Waals surface area contributed by atoms with Crippen molar-refractivity contribution in [3.8, 4) is 33.8 Å². The molecule has 0 aromatic heterocycles. The number of nitrogens with zero attached hydrogens (tertiary/aromatic N) is 2.